The van der Waals surface area contributed by atoms with Crippen LogP contribution in [0.3, 0.4) is 0 Å². The van der Waals surface area contributed by atoms with Gasteiger partial charge in [0.05, 0.1) is 0 Å². The van der Waals surface area contributed by atoms with E-state index < -0.39 is 0 Å². The molecule has 0 amide bonds. The second-order valence-electron chi connectivity index (χ2n) is 2.36. The summed E-state index contributed by atoms with van der Waals surface area (Å²) in [4.78, 5) is 16.7. The summed E-state index contributed by atoms with van der Waals surface area (Å²) in [6.07, 6.45) is 10.1. The molecule has 0 saturated heterocycles. The molecular weight excluding hydrogens is 204 g/mol. The second-order valence-corrected chi connectivity index (χ2v) is 2.36. The molecule has 92 valence electrons. The third-order valence-corrected chi connectivity index (χ3v) is 0.986. The van der Waals surface area contributed by atoms with Gasteiger partial charge in [0.25, 0.3) is 0 Å². The fourth-order valence-electron chi connectivity index (χ4n) is 0.408. The van der Waals surface area contributed by atoms with Crippen molar-refractivity contribution in [1.29, 1.82) is 10.8 Å². The second kappa shape index (κ2) is 50.9. The van der Waals surface area contributed by atoms with E-state index in [-0.39, 0.29) is 0 Å². The van der Waals surface area contributed by atoms with Gasteiger partial charge < -0.3 is 0 Å². The molecule has 4 heteroatoms. The fraction of sp³-hybridized carbons (Fsp3) is 0.500. The fourth-order valence-corrected chi connectivity index (χ4v) is 0.408. The summed E-state index contributed by atoms with van der Waals surface area (Å²) in [5.41, 5.74) is 0. The van der Waals surface area contributed by atoms with Crippen LogP contribution in [0.25, 0.3) is 0 Å². The molecule has 0 aromatic heterocycles. The van der Waals surface area contributed by atoms with Crippen molar-refractivity contribution in [3.05, 3.63) is 25.3 Å². The Morgan fingerprint density at radius 2 is 1.12 bits per heavy atom. The van der Waals surface area contributed by atoms with Gasteiger partial charge >= 0.3 is 0 Å². The maximum absolute atomic E-state index is 8.35. The van der Waals surface area contributed by atoms with E-state index in [9.17, 15) is 0 Å². The summed E-state index contributed by atoms with van der Waals surface area (Å²) < 4.78 is 0. The van der Waals surface area contributed by atoms with Gasteiger partial charge in [0, 0.05) is 0 Å². The van der Waals surface area contributed by atoms with Crippen LogP contribution in [0.2, 0.25) is 0 Å². The predicted molar refractivity (Wildman–Crippen MR) is 67.0 cm³/mol. The Bertz CT molecular complexity index is 167. The monoisotopic (exact) mass is 226 g/mol. The van der Waals surface area contributed by atoms with Crippen LogP contribution in [0.5, 0.6) is 0 Å². The Morgan fingerprint density at radius 1 is 0.938 bits per heavy atom. The van der Waals surface area contributed by atoms with E-state index in [0.717, 1.165) is 25.0 Å². The maximum atomic E-state index is 8.35. The number of hydrogen-bond donors (Lipinski definition) is 2. The molecule has 0 saturated carbocycles. The Labute approximate surface area is 98.1 Å². The quantitative estimate of drug-likeness (QED) is 0.435. The average molecular weight is 226 g/mol. The molecule has 0 bridgehead atoms. The largest absolute Gasteiger partial charge is 0.231 e. The number of isocyanates is 2. The molecule has 0 radical (unpaired) electrons. The standard InChI is InChI=1S/2C5H10.2CHNO/c2*1-3-5-4-2;2*2-1-3/h2*3H,1,4-5H2,2H3;2*2H. The van der Waals surface area contributed by atoms with Crippen molar-refractivity contribution >= 4 is 12.2 Å². The number of allylic oxidation sites excluding steroid dienone is 2. The molecule has 0 fully saturated rings. The Balaban J connectivity index is -0.0000000621. The normalized spacial score (nSPS) is 5.62. The first kappa shape index (κ1) is 23.8. The third-order valence-electron chi connectivity index (χ3n) is 0.986. The molecule has 0 atom stereocenters. The molecule has 0 unspecified atom stereocenters. The lowest BCUT2D eigenvalue weighted by atomic mass is 10.3. The molecule has 0 spiro atoms. The van der Waals surface area contributed by atoms with E-state index in [1.54, 1.807) is 0 Å². The highest BCUT2D eigenvalue weighted by Crippen LogP contribution is 1.82. The summed E-state index contributed by atoms with van der Waals surface area (Å²) in [6.45, 7) is 11.4. The van der Waals surface area contributed by atoms with Crippen molar-refractivity contribution in [3.8, 4) is 0 Å². The van der Waals surface area contributed by atoms with Crippen LogP contribution in [0, 0.1) is 10.8 Å². The molecule has 0 heterocycles. The lowest BCUT2D eigenvalue weighted by Crippen LogP contribution is -1.52. The van der Waals surface area contributed by atoms with Gasteiger partial charge in [-0.1, -0.05) is 38.8 Å². The van der Waals surface area contributed by atoms with E-state index >= 15 is 0 Å². The zero-order chi connectivity index (χ0) is 13.7. The highest BCUT2D eigenvalue weighted by atomic mass is 16.1. The van der Waals surface area contributed by atoms with E-state index in [4.69, 9.17) is 20.4 Å². The SMILES string of the molecule is C=CCCC.C=CCCC.N=C=O.N=C=O. The van der Waals surface area contributed by atoms with Gasteiger partial charge in [0.1, 0.15) is 0 Å². The zero-order valence-electron chi connectivity index (χ0n) is 10.2. The first-order valence-electron chi connectivity index (χ1n) is 4.96. The van der Waals surface area contributed by atoms with Crippen molar-refractivity contribution < 1.29 is 9.59 Å². The van der Waals surface area contributed by atoms with Crippen molar-refractivity contribution in [2.24, 2.45) is 0 Å². The van der Waals surface area contributed by atoms with E-state index in [2.05, 4.69) is 27.0 Å². The highest BCUT2D eigenvalue weighted by molar-refractivity contribution is 5.26. The van der Waals surface area contributed by atoms with Gasteiger partial charge in [-0.25, -0.2) is 20.4 Å². The van der Waals surface area contributed by atoms with Crippen LogP contribution in [0.1, 0.15) is 39.5 Å². The molecule has 0 rings (SSSR count). The Hall–Kier alpha value is -1.76. The minimum absolute atomic E-state index is 0.750. The molecule has 4 nitrogen and oxygen atoms in total. The summed E-state index contributed by atoms with van der Waals surface area (Å²) in [6, 6.07) is 0. The van der Waals surface area contributed by atoms with Gasteiger partial charge in [-0.3, -0.25) is 0 Å². The van der Waals surface area contributed by atoms with Crippen molar-refractivity contribution in [3.63, 3.8) is 0 Å². The van der Waals surface area contributed by atoms with Gasteiger partial charge in [-0.2, -0.15) is 0 Å². The number of carbonyl (C=O) groups excluding carboxylic acids is 2. The number of rotatable bonds is 4. The third kappa shape index (κ3) is 308. The van der Waals surface area contributed by atoms with Crippen molar-refractivity contribution in [1.82, 2.24) is 0 Å². The highest BCUT2D eigenvalue weighted by Gasteiger charge is 1.62. The molecule has 16 heavy (non-hydrogen) atoms. The first-order chi connectivity index (χ1) is 7.66. The van der Waals surface area contributed by atoms with Gasteiger partial charge in [0.2, 0.25) is 12.2 Å². The molecule has 0 aliphatic heterocycles. The van der Waals surface area contributed by atoms with Gasteiger partial charge in [-0.15, -0.1) is 13.2 Å². The minimum atomic E-state index is 0.750. The van der Waals surface area contributed by atoms with E-state index in [0.29, 0.717) is 0 Å². The number of hydrogen-bond acceptors (Lipinski definition) is 4. The maximum Gasteiger partial charge on any atom is 0.231 e. The molecule has 2 N–H and O–H groups in total. The number of nitrogens with one attached hydrogen (secondary N) is 2. The summed E-state index contributed by atoms with van der Waals surface area (Å²) in [5, 5.41) is 10.8. The molecule has 0 aromatic carbocycles. The van der Waals surface area contributed by atoms with Crippen LogP contribution >= 0.6 is 0 Å². The van der Waals surface area contributed by atoms with Crippen LogP contribution < -0.4 is 0 Å². The molecule has 0 aliphatic rings. The first-order valence-corrected chi connectivity index (χ1v) is 4.96. The lowest BCUT2D eigenvalue weighted by Gasteiger charge is -1.72. The Kier molecular flexibility index (Phi) is 75.8. The Morgan fingerprint density at radius 3 is 1.12 bits per heavy atom. The predicted octanol–water partition coefficient (Wildman–Crippen LogP) is 3.75. The van der Waals surface area contributed by atoms with Crippen LogP contribution in [0.15, 0.2) is 25.3 Å². The summed E-state index contributed by atoms with van der Waals surface area (Å²) in [7, 11) is 0. The molecule has 0 aliphatic carbocycles. The van der Waals surface area contributed by atoms with Gasteiger partial charge in [0.15, 0.2) is 0 Å². The zero-order valence-corrected chi connectivity index (χ0v) is 10.2. The smallest absolute Gasteiger partial charge is 0.222 e. The van der Waals surface area contributed by atoms with Crippen LogP contribution in [0.4, 0.5) is 0 Å². The van der Waals surface area contributed by atoms with Crippen LogP contribution in [-0.4, -0.2) is 12.2 Å². The van der Waals surface area contributed by atoms with E-state index in [1.165, 1.54) is 12.8 Å². The molecular formula is C12H22N2O2. The van der Waals surface area contributed by atoms with Crippen molar-refractivity contribution in [2.45, 2.75) is 39.5 Å². The average Bonchev–Trinajstić information content (AvgIpc) is 2.23. The van der Waals surface area contributed by atoms with Crippen molar-refractivity contribution in [2.75, 3.05) is 0 Å². The minimum Gasteiger partial charge on any atom is -0.222 e. The number of unbranched alkanes of at least 4 members (excludes halogenated alkanes) is 2. The summed E-state index contributed by atoms with van der Waals surface area (Å²) in [5.74, 6) is 0. The van der Waals surface area contributed by atoms with Crippen LogP contribution in [-0.2, 0) is 9.59 Å². The topological polar surface area (TPSA) is 81.8 Å². The molecule has 0 aromatic rings. The lowest BCUT2D eigenvalue weighted by molar-refractivity contribution is 0.562. The summed E-state index contributed by atoms with van der Waals surface area (Å²) >= 11 is 0. The van der Waals surface area contributed by atoms with Gasteiger partial charge in [-0.05, 0) is 12.8 Å². The van der Waals surface area contributed by atoms with E-state index in [1.807, 2.05) is 12.2 Å².